The Labute approximate surface area is 162 Å². The Bertz CT molecular complexity index is 861. The van der Waals surface area contributed by atoms with Gasteiger partial charge >= 0.3 is 5.97 Å². The highest BCUT2D eigenvalue weighted by atomic mass is 16.5. The second-order valence-electron chi connectivity index (χ2n) is 6.62. The van der Waals surface area contributed by atoms with Crippen LogP contribution in [0.1, 0.15) is 18.9 Å². The molecule has 0 radical (unpaired) electrons. The zero-order valence-electron chi connectivity index (χ0n) is 15.6. The van der Waals surface area contributed by atoms with Crippen LogP contribution in [0.4, 0.5) is 11.4 Å². The number of carbonyl (C=O) groups is 3. The minimum Gasteiger partial charge on any atom is -0.484 e. The van der Waals surface area contributed by atoms with E-state index in [0.717, 1.165) is 6.42 Å². The van der Waals surface area contributed by atoms with Crippen LogP contribution in [-0.2, 0) is 20.8 Å². The molecule has 7 heteroatoms. The SMILES string of the molecule is CCc1ccc(NC(=O)COc2ccc(N3C[C@H](C(=O)O)CC3=O)cc2)cc1. The number of aryl methyl sites for hydroxylation is 1. The average molecular weight is 382 g/mol. The first-order chi connectivity index (χ1) is 13.5. The molecule has 2 aromatic carbocycles. The van der Waals surface area contributed by atoms with Gasteiger partial charge in [-0.15, -0.1) is 0 Å². The van der Waals surface area contributed by atoms with Crippen LogP contribution in [0, 0.1) is 5.92 Å². The summed E-state index contributed by atoms with van der Waals surface area (Å²) in [5, 5.41) is 11.8. The van der Waals surface area contributed by atoms with Gasteiger partial charge in [0.05, 0.1) is 5.92 Å². The summed E-state index contributed by atoms with van der Waals surface area (Å²) in [6.07, 6.45) is 0.945. The molecule has 0 bridgehead atoms. The predicted molar refractivity (Wildman–Crippen MR) is 104 cm³/mol. The van der Waals surface area contributed by atoms with E-state index in [1.807, 2.05) is 24.3 Å². The van der Waals surface area contributed by atoms with Crippen LogP contribution in [0.15, 0.2) is 48.5 Å². The van der Waals surface area contributed by atoms with Gasteiger partial charge in [-0.2, -0.15) is 0 Å². The lowest BCUT2D eigenvalue weighted by molar-refractivity contribution is -0.141. The molecule has 2 N–H and O–H groups in total. The second-order valence-corrected chi connectivity index (χ2v) is 6.62. The number of nitrogens with one attached hydrogen (secondary N) is 1. The number of carbonyl (C=O) groups excluding carboxylic acids is 2. The number of benzene rings is 2. The summed E-state index contributed by atoms with van der Waals surface area (Å²) in [5.74, 6) is -1.65. The number of hydrogen-bond acceptors (Lipinski definition) is 4. The summed E-state index contributed by atoms with van der Waals surface area (Å²) >= 11 is 0. The van der Waals surface area contributed by atoms with Crippen LogP contribution in [0.3, 0.4) is 0 Å². The van der Waals surface area contributed by atoms with Gasteiger partial charge in [-0.1, -0.05) is 19.1 Å². The largest absolute Gasteiger partial charge is 0.484 e. The molecule has 1 aliphatic rings. The van der Waals surface area contributed by atoms with Crippen LogP contribution < -0.4 is 15.0 Å². The summed E-state index contributed by atoms with van der Waals surface area (Å²) in [7, 11) is 0. The van der Waals surface area contributed by atoms with E-state index in [4.69, 9.17) is 9.84 Å². The fraction of sp³-hybridized carbons (Fsp3) is 0.286. The first kappa shape index (κ1) is 19.4. The number of rotatable bonds is 7. The molecule has 1 atom stereocenters. The molecule has 0 saturated carbocycles. The van der Waals surface area contributed by atoms with E-state index in [1.165, 1.54) is 10.5 Å². The van der Waals surface area contributed by atoms with Crippen LogP contribution in [0.25, 0.3) is 0 Å². The van der Waals surface area contributed by atoms with Crippen molar-refractivity contribution in [1.82, 2.24) is 0 Å². The Balaban J connectivity index is 1.52. The van der Waals surface area contributed by atoms with E-state index in [9.17, 15) is 14.4 Å². The van der Waals surface area contributed by atoms with E-state index < -0.39 is 11.9 Å². The summed E-state index contributed by atoms with van der Waals surface area (Å²) in [5.41, 5.74) is 2.52. The number of amides is 2. The van der Waals surface area contributed by atoms with Crippen LogP contribution in [0.2, 0.25) is 0 Å². The zero-order chi connectivity index (χ0) is 20.1. The molecule has 1 saturated heterocycles. The van der Waals surface area contributed by atoms with Crippen molar-refractivity contribution in [2.45, 2.75) is 19.8 Å². The molecule has 2 aromatic rings. The van der Waals surface area contributed by atoms with Crippen molar-refractivity contribution in [2.75, 3.05) is 23.4 Å². The quantitative estimate of drug-likeness (QED) is 0.768. The van der Waals surface area contributed by atoms with Crippen molar-refractivity contribution in [3.05, 3.63) is 54.1 Å². The molecule has 2 amide bonds. The van der Waals surface area contributed by atoms with E-state index in [0.29, 0.717) is 17.1 Å². The fourth-order valence-corrected chi connectivity index (χ4v) is 3.01. The first-order valence-electron chi connectivity index (χ1n) is 9.11. The zero-order valence-corrected chi connectivity index (χ0v) is 15.6. The molecule has 1 fully saturated rings. The van der Waals surface area contributed by atoms with Crippen molar-refractivity contribution >= 4 is 29.2 Å². The number of ether oxygens (including phenoxy) is 1. The average Bonchev–Trinajstić information content (AvgIpc) is 3.09. The number of hydrogen-bond donors (Lipinski definition) is 2. The van der Waals surface area contributed by atoms with Gasteiger partial charge in [0.25, 0.3) is 5.91 Å². The Morgan fingerprint density at radius 3 is 2.39 bits per heavy atom. The van der Waals surface area contributed by atoms with Gasteiger partial charge in [-0.05, 0) is 48.4 Å². The number of aliphatic carboxylic acids is 1. The molecule has 1 aliphatic heterocycles. The smallest absolute Gasteiger partial charge is 0.308 e. The van der Waals surface area contributed by atoms with Crippen molar-refractivity contribution in [3.8, 4) is 5.75 Å². The van der Waals surface area contributed by atoms with E-state index in [2.05, 4.69) is 12.2 Å². The molecule has 28 heavy (non-hydrogen) atoms. The Morgan fingerprint density at radius 2 is 1.82 bits per heavy atom. The highest BCUT2D eigenvalue weighted by Crippen LogP contribution is 2.27. The molecular formula is C21H22N2O5. The van der Waals surface area contributed by atoms with Gasteiger partial charge in [0, 0.05) is 24.3 Å². The lowest BCUT2D eigenvalue weighted by atomic mass is 10.1. The molecule has 7 nitrogen and oxygen atoms in total. The maximum absolute atomic E-state index is 12.0. The normalized spacial score (nSPS) is 16.1. The highest BCUT2D eigenvalue weighted by molar-refractivity contribution is 5.99. The fourth-order valence-electron chi connectivity index (χ4n) is 3.01. The van der Waals surface area contributed by atoms with E-state index in [-0.39, 0.29) is 31.4 Å². The van der Waals surface area contributed by atoms with E-state index >= 15 is 0 Å². The van der Waals surface area contributed by atoms with Gasteiger partial charge in [0.2, 0.25) is 5.91 Å². The summed E-state index contributed by atoms with van der Waals surface area (Å²) in [4.78, 5) is 36.5. The number of nitrogens with zero attached hydrogens (tertiary/aromatic N) is 1. The number of carboxylic acid groups (broad SMARTS) is 1. The number of anilines is 2. The maximum Gasteiger partial charge on any atom is 0.308 e. The van der Waals surface area contributed by atoms with Crippen molar-refractivity contribution in [3.63, 3.8) is 0 Å². The monoisotopic (exact) mass is 382 g/mol. The lowest BCUT2D eigenvalue weighted by Crippen LogP contribution is -2.25. The molecule has 0 unspecified atom stereocenters. The number of carboxylic acids is 1. The molecule has 0 spiro atoms. The third-order valence-electron chi connectivity index (χ3n) is 4.64. The molecular weight excluding hydrogens is 360 g/mol. The minimum atomic E-state index is -0.967. The lowest BCUT2D eigenvalue weighted by Gasteiger charge is -2.16. The second kappa shape index (κ2) is 8.56. The van der Waals surface area contributed by atoms with Gasteiger partial charge in [-0.3, -0.25) is 14.4 Å². The molecule has 146 valence electrons. The van der Waals surface area contributed by atoms with Crippen LogP contribution >= 0.6 is 0 Å². The van der Waals surface area contributed by atoms with Crippen molar-refractivity contribution < 1.29 is 24.2 Å². The molecule has 3 rings (SSSR count). The predicted octanol–water partition coefficient (Wildman–Crippen LogP) is 2.70. The highest BCUT2D eigenvalue weighted by Gasteiger charge is 2.34. The summed E-state index contributed by atoms with van der Waals surface area (Å²) in [6.45, 7) is 2.09. The third-order valence-corrected chi connectivity index (χ3v) is 4.64. The van der Waals surface area contributed by atoms with Gasteiger partial charge in [0.1, 0.15) is 5.75 Å². The topological polar surface area (TPSA) is 95.9 Å². The molecule has 0 aliphatic carbocycles. The molecule has 0 aromatic heterocycles. The molecule has 1 heterocycles. The van der Waals surface area contributed by atoms with Crippen molar-refractivity contribution in [1.29, 1.82) is 0 Å². The summed E-state index contributed by atoms with van der Waals surface area (Å²) in [6, 6.07) is 14.3. The van der Waals surface area contributed by atoms with Gasteiger partial charge < -0.3 is 20.1 Å². The van der Waals surface area contributed by atoms with Gasteiger partial charge in [0.15, 0.2) is 6.61 Å². The Morgan fingerprint density at radius 1 is 1.14 bits per heavy atom. The summed E-state index contributed by atoms with van der Waals surface area (Å²) < 4.78 is 5.48. The standard InChI is InChI=1S/C21H22N2O5/c1-2-14-3-5-16(6-4-14)22-19(24)13-28-18-9-7-17(8-10-18)23-12-15(21(26)27)11-20(23)25/h3-10,15H,2,11-13H2,1H3,(H,22,24)(H,26,27)/t15-/m1/s1. The Hall–Kier alpha value is -3.35. The van der Waals surface area contributed by atoms with Gasteiger partial charge in [-0.25, -0.2) is 0 Å². The Kier molecular flexibility index (Phi) is 5.93. The van der Waals surface area contributed by atoms with E-state index in [1.54, 1.807) is 24.3 Å². The minimum absolute atomic E-state index is 0.00694. The first-order valence-corrected chi connectivity index (χ1v) is 9.11. The third kappa shape index (κ3) is 4.68. The van der Waals surface area contributed by atoms with Crippen LogP contribution in [0.5, 0.6) is 5.75 Å². The van der Waals surface area contributed by atoms with Crippen LogP contribution in [-0.4, -0.2) is 36.0 Å². The maximum atomic E-state index is 12.0. The van der Waals surface area contributed by atoms with Crippen molar-refractivity contribution in [2.24, 2.45) is 5.92 Å².